The van der Waals surface area contributed by atoms with Crippen molar-refractivity contribution in [2.45, 2.75) is 57.0 Å². The van der Waals surface area contributed by atoms with Gasteiger partial charge in [-0.25, -0.2) is 0 Å². The highest BCUT2D eigenvalue weighted by atomic mass is 16.5. The van der Waals surface area contributed by atoms with Crippen molar-refractivity contribution in [3.63, 3.8) is 0 Å². The Morgan fingerprint density at radius 1 is 0.909 bits per heavy atom. The lowest BCUT2D eigenvalue weighted by Gasteiger charge is -2.43. The number of anilines is 3. The maximum Gasteiger partial charge on any atom is 0.250 e. The van der Waals surface area contributed by atoms with E-state index < -0.39 is 0 Å². The van der Waals surface area contributed by atoms with E-state index in [1.165, 1.54) is 32.1 Å². The first kappa shape index (κ1) is 20.9. The number of hydrogen-bond donors (Lipinski definition) is 1. The summed E-state index contributed by atoms with van der Waals surface area (Å²) in [6.07, 6.45) is 7.32. The zero-order valence-corrected chi connectivity index (χ0v) is 19.2. The molecule has 5 heterocycles. The molecule has 2 aromatic rings. The SMILES string of the molecule is O=c1cccc2n1C[C@H]1C[C@H]2CN(c2nc(NC3CCCCC3)nc(N3CCOCC3)n2)C1. The largest absolute Gasteiger partial charge is 0.378 e. The molecule has 1 saturated carbocycles. The average Bonchev–Trinajstić information content (AvgIpc) is 2.86. The first-order chi connectivity index (χ1) is 16.2. The summed E-state index contributed by atoms with van der Waals surface area (Å²) in [4.78, 5) is 31.6. The zero-order chi connectivity index (χ0) is 22.2. The summed E-state index contributed by atoms with van der Waals surface area (Å²) >= 11 is 0. The van der Waals surface area contributed by atoms with Crippen LogP contribution >= 0.6 is 0 Å². The van der Waals surface area contributed by atoms with Crippen molar-refractivity contribution >= 4 is 17.8 Å². The lowest BCUT2D eigenvalue weighted by molar-refractivity contribution is 0.122. The van der Waals surface area contributed by atoms with Gasteiger partial charge in [-0.3, -0.25) is 4.79 Å². The Kier molecular flexibility index (Phi) is 5.65. The summed E-state index contributed by atoms with van der Waals surface area (Å²) in [5.74, 6) is 2.94. The van der Waals surface area contributed by atoms with Gasteiger partial charge in [-0.2, -0.15) is 15.0 Å². The first-order valence-electron chi connectivity index (χ1n) is 12.5. The average molecular weight is 452 g/mol. The van der Waals surface area contributed by atoms with Crippen LogP contribution in [0.2, 0.25) is 0 Å². The Hall–Kier alpha value is -2.68. The van der Waals surface area contributed by atoms with Crippen molar-refractivity contribution in [1.29, 1.82) is 0 Å². The van der Waals surface area contributed by atoms with E-state index in [1.807, 2.05) is 10.6 Å². The number of nitrogens with one attached hydrogen (secondary N) is 1. The van der Waals surface area contributed by atoms with Gasteiger partial charge in [-0.1, -0.05) is 25.3 Å². The van der Waals surface area contributed by atoms with Gasteiger partial charge in [-0.05, 0) is 31.2 Å². The van der Waals surface area contributed by atoms with Crippen LogP contribution in [0.4, 0.5) is 17.8 Å². The van der Waals surface area contributed by atoms with E-state index in [0.29, 0.717) is 37.0 Å². The van der Waals surface area contributed by atoms with Gasteiger partial charge in [0, 0.05) is 56.4 Å². The van der Waals surface area contributed by atoms with Crippen LogP contribution in [0.25, 0.3) is 0 Å². The summed E-state index contributed by atoms with van der Waals surface area (Å²) in [6, 6.07) is 6.10. The topological polar surface area (TPSA) is 88.4 Å². The molecule has 0 spiro atoms. The lowest BCUT2D eigenvalue weighted by atomic mass is 9.83. The van der Waals surface area contributed by atoms with E-state index in [4.69, 9.17) is 19.7 Å². The Bertz CT molecular complexity index is 1050. The Balaban J connectivity index is 1.30. The molecule has 9 nitrogen and oxygen atoms in total. The highest BCUT2D eigenvalue weighted by molar-refractivity contribution is 5.47. The number of nitrogens with zero attached hydrogens (tertiary/aromatic N) is 6. The molecule has 0 unspecified atom stereocenters. The maximum absolute atomic E-state index is 12.4. The van der Waals surface area contributed by atoms with E-state index in [9.17, 15) is 4.79 Å². The molecule has 9 heteroatoms. The molecule has 176 valence electrons. The molecule has 4 aliphatic rings. The molecule has 0 amide bonds. The molecule has 6 rings (SSSR count). The van der Waals surface area contributed by atoms with Crippen LogP contribution in [0.3, 0.4) is 0 Å². The Morgan fingerprint density at radius 3 is 2.52 bits per heavy atom. The second kappa shape index (κ2) is 8.93. The normalized spacial score (nSPS) is 25.6. The smallest absolute Gasteiger partial charge is 0.250 e. The number of aromatic nitrogens is 4. The van der Waals surface area contributed by atoms with Crippen LogP contribution < -0.4 is 20.7 Å². The monoisotopic (exact) mass is 451 g/mol. The van der Waals surface area contributed by atoms with E-state index in [-0.39, 0.29) is 5.56 Å². The standard InChI is InChI=1S/C24H33N7O2/c32-21-8-4-7-20-18-13-17(15-31(20)21)14-30(16-18)24-27-22(25-19-5-2-1-3-6-19)26-23(28-24)29-9-11-33-12-10-29/h4,7-8,17-19H,1-3,5-6,9-16H2,(H,25,26,27,28)/t17-,18-/m0/s1. The van der Waals surface area contributed by atoms with Crippen LogP contribution in [-0.2, 0) is 11.3 Å². The van der Waals surface area contributed by atoms with Gasteiger partial charge in [0.05, 0.1) is 13.2 Å². The Morgan fingerprint density at radius 2 is 1.70 bits per heavy atom. The second-order valence-corrected chi connectivity index (χ2v) is 9.94. The van der Waals surface area contributed by atoms with Crippen LogP contribution in [0.5, 0.6) is 0 Å². The van der Waals surface area contributed by atoms with Crippen LogP contribution in [-0.4, -0.2) is 65.0 Å². The number of morpholine rings is 1. The number of fused-ring (bicyclic) bond motifs is 4. The van der Waals surface area contributed by atoms with E-state index in [1.54, 1.807) is 6.07 Å². The fraction of sp³-hybridized carbons (Fsp3) is 0.667. The molecule has 1 N–H and O–H groups in total. The van der Waals surface area contributed by atoms with Crippen LogP contribution in [0, 0.1) is 5.92 Å². The molecule has 0 aromatic carbocycles. The van der Waals surface area contributed by atoms with Gasteiger partial charge in [0.15, 0.2) is 0 Å². The molecule has 2 aromatic heterocycles. The van der Waals surface area contributed by atoms with Gasteiger partial charge < -0.3 is 24.4 Å². The number of ether oxygens (including phenoxy) is 1. The zero-order valence-electron chi connectivity index (χ0n) is 19.2. The third kappa shape index (κ3) is 4.30. The highest BCUT2D eigenvalue weighted by Crippen LogP contribution is 2.36. The predicted molar refractivity (Wildman–Crippen MR) is 127 cm³/mol. The third-order valence-corrected chi connectivity index (χ3v) is 7.61. The Labute approximate surface area is 194 Å². The van der Waals surface area contributed by atoms with Crippen molar-refractivity contribution in [3.05, 3.63) is 34.2 Å². The minimum Gasteiger partial charge on any atom is -0.378 e. The van der Waals surface area contributed by atoms with Crippen molar-refractivity contribution in [2.75, 3.05) is 54.5 Å². The number of piperidine rings is 1. The molecule has 2 atom stereocenters. The number of hydrogen-bond acceptors (Lipinski definition) is 8. The van der Waals surface area contributed by atoms with Gasteiger partial charge in [-0.15, -0.1) is 0 Å². The van der Waals surface area contributed by atoms with E-state index in [2.05, 4.69) is 21.2 Å². The van der Waals surface area contributed by atoms with Crippen molar-refractivity contribution in [2.24, 2.45) is 5.92 Å². The van der Waals surface area contributed by atoms with Crippen molar-refractivity contribution < 1.29 is 4.74 Å². The molecular weight excluding hydrogens is 418 g/mol. The molecule has 0 radical (unpaired) electrons. The van der Waals surface area contributed by atoms with Gasteiger partial charge >= 0.3 is 0 Å². The third-order valence-electron chi connectivity index (χ3n) is 7.61. The fourth-order valence-electron chi connectivity index (χ4n) is 5.95. The first-order valence-corrected chi connectivity index (χ1v) is 12.5. The predicted octanol–water partition coefficient (Wildman–Crippen LogP) is 2.24. The summed E-state index contributed by atoms with van der Waals surface area (Å²) in [5, 5.41) is 3.62. The maximum atomic E-state index is 12.4. The van der Waals surface area contributed by atoms with Gasteiger partial charge in [0.2, 0.25) is 17.8 Å². The second-order valence-electron chi connectivity index (χ2n) is 9.94. The van der Waals surface area contributed by atoms with E-state index >= 15 is 0 Å². The number of rotatable bonds is 4. The summed E-state index contributed by atoms with van der Waals surface area (Å²) in [5.41, 5.74) is 1.26. The molecule has 3 fully saturated rings. The molecular formula is C24H33N7O2. The van der Waals surface area contributed by atoms with Gasteiger partial charge in [0.25, 0.3) is 5.56 Å². The number of pyridine rings is 1. The van der Waals surface area contributed by atoms with Crippen LogP contribution in [0.1, 0.15) is 50.1 Å². The molecule has 2 saturated heterocycles. The summed E-state index contributed by atoms with van der Waals surface area (Å²) < 4.78 is 7.52. The molecule has 3 aliphatic heterocycles. The van der Waals surface area contributed by atoms with Crippen molar-refractivity contribution in [3.8, 4) is 0 Å². The summed E-state index contributed by atoms with van der Waals surface area (Å²) in [6.45, 7) is 5.47. The molecule has 2 bridgehead atoms. The fourth-order valence-corrected chi connectivity index (χ4v) is 5.95. The van der Waals surface area contributed by atoms with E-state index in [0.717, 1.165) is 56.7 Å². The molecule has 33 heavy (non-hydrogen) atoms. The molecule has 1 aliphatic carbocycles. The highest BCUT2D eigenvalue weighted by Gasteiger charge is 2.36. The quantitative estimate of drug-likeness (QED) is 0.757. The summed E-state index contributed by atoms with van der Waals surface area (Å²) in [7, 11) is 0. The lowest BCUT2D eigenvalue weighted by Crippen LogP contribution is -2.48. The minimum atomic E-state index is 0.115. The van der Waals surface area contributed by atoms with Crippen molar-refractivity contribution in [1.82, 2.24) is 19.5 Å². The minimum absolute atomic E-state index is 0.115. The van der Waals surface area contributed by atoms with Crippen LogP contribution in [0.15, 0.2) is 23.0 Å². The van der Waals surface area contributed by atoms with Gasteiger partial charge in [0.1, 0.15) is 0 Å².